The fraction of sp³-hybridized carbons (Fsp3) is 0.0769. The normalized spacial score (nSPS) is 11.7. The fourth-order valence-corrected chi connectivity index (χ4v) is 5.44. The molecule has 5 aromatic rings. The molecule has 2 heterocycles. The van der Waals surface area contributed by atoms with Crippen LogP contribution in [0.4, 0.5) is 5.69 Å². The molecule has 0 fully saturated rings. The van der Waals surface area contributed by atoms with Crippen molar-refractivity contribution < 1.29 is 8.42 Å². The first-order valence-corrected chi connectivity index (χ1v) is 12.0. The summed E-state index contributed by atoms with van der Waals surface area (Å²) in [5.41, 5.74) is 8.05. The Morgan fingerprint density at radius 3 is 2.36 bits per heavy atom. The Kier molecular flexibility index (Phi) is 5.50. The van der Waals surface area contributed by atoms with Gasteiger partial charge in [-0.2, -0.15) is 0 Å². The quantitative estimate of drug-likeness (QED) is 0.405. The largest absolute Gasteiger partial charge is 0.329 e. The van der Waals surface area contributed by atoms with E-state index in [1.165, 1.54) is 4.31 Å². The summed E-state index contributed by atoms with van der Waals surface area (Å²) >= 11 is 0. The molecule has 0 aliphatic heterocycles. The van der Waals surface area contributed by atoms with Gasteiger partial charge in [-0.15, -0.1) is 0 Å². The zero-order valence-electron chi connectivity index (χ0n) is 17.8. The Morgan fingerprint density at radius 2 is 1.52 bits per heavy atom. The van der Waals surface area contributed by atoms with Crippen molar-refractivity contribution >= 4 is 37.3 Å². The van der Waals surface area contributed by atoms with Crippen LogP contribution >= 0.6 is 0 Å². The fourth-order valence-electron chi connectivity index (χ4n) is 3.95. The Bertz CT molecular complexity index is 1570. The molecule has 33 heavy (non-hydrogen) atoms. The van der Waals surface area contributed by atoms with Crippen LogP contribution in [0.5, 0.6) is 0 Å². The second-order valence-corrected chi connectivity index (χ2v) is 9.61. The number of benzene rings is 3. The Morgan fingerprint density at radius 1 is 0.727 bits per heavy atom. The molecule has 0 bridgehead atoms. The van der Waals surface area contributed by atoms with Crippen molar-refractivity contribution in [2.45, 2.75) is 4.90 Å². The number of anilines is 1. The highest BCUT2D eigenvalue weighted by molar-refractivity contribution is 7.92. The second-order valence-electron chi connectivity index (χ2n) is 7.74. The van der Waals surface area contributed by atoms with E-state index in [2.05, 4.69) is 9.97 Å². The van der Waals surface area contributed by atoms with Crippen LogP contribution in [0, 0.1) is 0 Å². The van der Waals surface area contributed by atoms with E-state index >= 15 is 0 Å². The third-order valence-corrected chi connectivity index (χ3v) is 7.45. The number of sulfonamides is 1. The molecule has 0 radical (unpaired) electrons. The molecule has 164 valence electrons. The molecular formula is C26H22N4O2S. The summed E-state index contributed by atoms with van der Waals surface area (Å²) in [5.74, 6) is 0. The Balaban J connectivity index is 1.57. The average Bonchev–Trinajstić information content (AvgIpc) is 2.86. The van der Waals surface area contributed by atoms with Gasteiger partial charge in [0, 0.05) is 42.6 Å². The third kappa shape index (κ3) is 4.04. The minimum atomic E-state index is -3.84. The second kappa shape index (κ2) is 8.61. The number of hydrogen-bond acceptors (Lipinski definition) is 5. The lowest BCUT2D eigenvalue weighted by atomic mass is 10.0. The van der Waals surface area contributed by atoms with Crippen LogP contribution in [0.15, 0.2) is 102 Å². The van der Waals surface area contributed by atoms with E-state index in [1.807, 2.05) is 66.9 Å². The molecule has 0 saturated carbocycles. The number of nitrogens with two attached hydrogens (primary N) is 1. The smallest absolute Gasteiger partial charge is 0.264 e. The van der Waals surface area contributed by atoms with E-state index in [4.69, 9.17) is 5.73 Å². The van der Waals surface area contributed by atoms with E-state index in [0.29, 0.717) is 5.69 Å². The Labute approximate surface area is 192 Å². The van der Waals surface area contributed by atoms with E-state index in [9.17, 15) is 8.42 Å². The minimum absolute atomic E-state index is 0.143. The molecule has 7 heteroatoms. The number of aromatic nitrogens is 2. The monoisotopic (exact) mass is 454 g/mol. The van der Waals surface area contributed by atoms with Crippen molar-refractivity contribution in [1.29, 1.82) is 0 Å². The minimum Gasteiger partial charge on any atom is -0.329 e. The molecule has 0 saturated heterocycles. The number of hydrogen-bond donors (Lipinski definition) is 1. The van der Waals surface area contributed by atoms with Gasteiger partial charge in [0.2, 0.25) is 0 Å². The van der Waals surface area contributed by atoms with Crippen LogP contribution in [0.3, 0.4) is 0 Å². The lowest BCUT2D eigenvalue weighted by Gasteiger charge is -2.24. The van der Waals surface area contributed by atoms with Gasteiger partial charge in [-0.1, -0.05) is 42.5 Å². The number of fused-ring (bicyclic) bond motifs is 2. The van der Waals surface area contributed by atoms with Gasteiger partial charge >= 0.3 is 0 Å². The molecule has 2 N–H and O–H groups in total. The molecule has 2 aromatic heterocycles. The molecule has 5 rings (SSSR count). The summed E-state index contributed by atoms with van der Waals surface area (Å²) < 4.78 is 28.6. The van der Waals surface area contributed by atoms with E-state index in [0.717, 1.165) is 32.7 Å². The van der Waals surface area contributed by atoms with Crippen molar-refractivity contribution in [3.63, 3.8) is 0 Å². The lowest BCUT2D eigenvalue weighted by Crippen LogP contribution is -2.35. The number of pyridine rings is 2. The van der Waals surface area contributed by atoms with E-state index in [1.54, 1.807) is 30.7 Å². The van der Waals surface area contributed by atoms with Gasteiger partial charge in [0.1, 0.15) is 0 Å². The van der Waals surface area contributed by atoms with Gasteiger partial charge in [-0.3, -0.25) is 14.3 Å². The highest BCUT2D eigenvalue weighted by atomic mass is 32.2. The summed E-state index contributed by atoms with van der Waals surface area (Å²) in [6.07, 6.45) is 6.85. The maximum Gasteiger partial charge on any atom is 0.264 e. The average molecular weight is 455 g/mol. The zero-order valence-corrected chi connectivity index (χ0v) is 18.6. The predicted octanol–water partition coefficient (Wildman–Crippen LogP) is 4.60. The maximum absolute atomic E-state index is 13.6. The van der Waals surface area contributed by atoms with Crippen LogP contribution in [0.2, 0.25) is 0 Å². The number of nitrogens with zero attached hydrogens (tertiary/aromatic N) is 3. The lowest BCUT2D eigenvalue weighted by molar-refractivity contribution is 0.591. The number of rotatable bonds is 6. The highest BCUT2D eigenvalue weighted by Gasteiger charge is 2.25. The van der Waals surface area contributed by atoms with Crippen molar-refractivity contribution in [2.75, 3.05) is 17.4 Å². The molecule has 0 aliphatic carbocycles. The van der Waals surface area contributed by atoms with Crippen molar-refractivity contribution in [3.05, 3.63) is 97.6 Å². The van der Waals surface area contributed by atoms with Gasteiger partial charge in [0.05, 0.1) is 16.8 Å². The van der Waals surface area contributed by atoms with Crippen LogP contribution in [0.25, 0.3) is 32.7 Å². The van der Waals surface area contributed by atoms with Gasteiger partial charge in [-0.25, -0.2) is 8.42 Å². The summed E-state index contributed by atoms with van der Waals surface area (Å²) in [7, 11) is -3.84. The van der Waals surface area contributed by atoms with Gasteiger partial charge < -0.3 is 5.73 Å². The first-order chi connectivity index (χ1) is 16.1. The molecular weight excluding hydrogens is 432 g/mol. The van der Waals surface area contributed by atoms with E-state index < -0.39 is 10.0 Å². The molecule has 0 spiro atoms. The predicted molar refractivity (Wildman–Crippen MR) is 133 cm³/mol. The van der Waals surface area contributed by atoms with Crippen molar-refractivity contribution in [2.24, 2.45) is 5.73 Å². The first kappa shape index (κ1) is 21.1. The van der Waals surface area contributed by atoms with Gasteiger partial charge in [0.15, 0.2) is 0 Å². The van der Waals surface area contributed by atoms with Crippen LogP contribution in [-0.2, 0) is 10.0 Å². The summed E-state index contributed by atoms with van der Waals surface area (Å²) in [4.78, 5) is 8.71. The SMILES string of the molecule is NCCN(c1cncc(-c2ccc3cnccc3c2)c1)S(=O)(=O)c1ccc2ccccc2c1. The van der Waals surface area contributed by atoms with Crippen molar-refractivity contribution in [3.8, 4) is 11.1 Å². The molecule has 6 nitrogen and oxygen atoms in total. The summed E-state index contributed by atoms with van der Waals surface area (Å²) in [5, 5.41) is 3.94. The standard InChI is InChI=1S/C26H22N4O2S/c27-10-12-30(33(31,32)26-8-7-19-3-1-2-4-20(19)15-26)25-14-24(17-29-18-25)21-5-6-23-16-28-11-9-22(23)13-21/h1-9,11,13-18H,10,12,27H2. The highest BCUT2D eigenvalue weighted by Crippen LogP contribution is 2.30. The maximum atomic E-state index is 13.6. The molecule has 0 unspecified atom stereocenters. The molecule has 0 aliphatic rings. The third-order valence-electron chi connectivity index (χ3n) is 5.63. The molecule has 0 amide bonds. The van der Waals surface area contributed by atoms with Crippen molar-refractivity contribution in [1.82, 2.24) is 9.97 Å². The Hall–Kier alpha value is -3.81. The van der Waals surface area contributed by atoms with Crippen LogP contribution in [-0.4, -0.2) is 31.5 Å². The topological polar surface area (TPSA) is 89.2 Å². The van der Waals surface area contributed by atoms with Crippen LogP contribution < -0.4 is 10.0 Å². The van der Waals surface area contributed by atoms with Gasteiger partial charge in [-0.05, 0) is 52.1 Å². The summed E-state index contributed by atoms with van der Waals surface area (Å²) in [6, 6.07) is 22.6. The molecule has 3 aromatic carbocycles. The van der Waals surface area contributed by atoms with E-state index in [-0.39, 0.29) is 18.0 Å². The summed E-state index contributed by atoms with van der Waals surface area (Å²) in [6.45, 7) is 0.323. The van der Waals surface area contributed by atoms with Gasteiger partial charge in [0.25, 0.3) is 10.0 Å². The first-order valence-electron chi connectivity index (χ1n) is 10.6. The van der Waals surface area contributed by atoms with Crippen LogP contribution in [0.1, 0.15) is 0 Å². The zero-order chi connectivity index (χ0) is 22.8. The molecule has 0 atom stereocenters.